The second-order valence-electron chi connectivity index (χ2n) is 6.12. The van der Waals surface area contributed by atoms with Crippen LogP contribution in [-0.2, 0) is 4.79 Å². The number of halogens is 1. The van der Waals surface area contributed by atoms with Gasteiger partial charge >= 0.3 is 0 Å². The Balaban J connectivity index is 1.94. The number of amides is 1. The van der Waals surface area contributed by atoms with Crippen LogP contribution in [0.1, 0.15) is 18.1 Å². The maximum absolute atomic E-state index is 14.5. The molecule has 1 aliphatic rings. The average Bonchev–Trinajstić information content (AvgIpc) is 2.79. The molecule has 1 amide bonds. The molecule has 0 fully saturated rings. The van der Waals surface area contributed by atoms with Crippen molar-refractivity contribution in [2.45, 2.75) is 13.0 Å². The Hall–Kier alpha value is -3.34. The van der Waals surface area contributed by atoms with Gasteiger partial charge in [-0.15, -0.1) is 0 Å². The molecule has 1 aliphatic heterocycles. The van der Waals surface area contributed by atoms with Gasteiger partial charge in [-0.2, -0.15) is 0 Å². The Bertz CT molecular complexity index is 1010. The molecule has 0 unspecified atom stereocenters. The van der Waals surface area contributed by atoms with E-state index in [4.69, 9.17) is 0 Å². The molecule has 0 bridgehead atoms. The van der Waals surface area contributed by atoms with Crippen LogP contribution in [0.3, 0.4) is 0 Å². The minimum atomic E-state index is -0.610. The van der Waals surface area contributed by atoms with Crippen molar-refractivity contribution in [1.29, 1.82) is 0 Å². The van der Waals surface area contributed by atoms with Gasteiger partial charge in [0.1, 0.15) is 11.9 Å². The third kappa shape index (κ3) is 2.88. The fourth-order valence-electron chi connectivity index (χ4n) is 3.00. The number of hydrogen-bond donors (Lipinski definition) is 1. The van der Waals surface area contributed by atoms with Crippen LogP contribution in [-0.4, -0.2) is 22.6 Å². The molecule has 3 aromatic rings. The molecule has 0 spiro atoms. The van der Waals surface area contributed by atoms with Crippen LogP contribution in [0.15, 0.2) is 72.0 Å². The maximum atomic E-state index is 14.5. The molecule has 1 N–H and O–H groups in total. The SMILES string of the molecule is C[C@@H]1N=C(c2ccccc2F)c2cc(-c3ccncc3)ccc2NC1=O. The summed E-state index contributed by atoms with van der Waals surface area (Å²) in [6.07, 6.45) is 3.44. The topological polar surface area (TPSA) is 54.4 Å². The van der Waals surface area contributed by atoms with Gasteiger partial charge in [-0.25, -0.2) is 4.39 Å². The highest BCUT2D eigenvalue weighted by Crippen LogP contribution is 2.30. The number of benzene rings is 2. The summed E-state index contributed by atoms with van der Waals surface area (Å²) in [5, 5.41) is 2.88. The van der Waals surface area contributed by atoms with Crippen molar-refractivity contribution in [3.05, 3.63) is 83.9 Å². The van der Waals surface area contributed by atoms with Gasteiger partial charge in [-0.1, -0.05) is 18.2 Å². The average molecular weight is 345 g/mol. The molecule has 4 rings (SSSR count). The number of aliphatic imine (C=N–C) groups is 1. The minimum Gasteiger partial charge on any atom is -0.324 e. The summed E-state index contributed by atoms with van der Waals surface area (Å²) in [6, 6.07) is 15.3. The molecular weight excluding hydrogens is 329 g/mol. The fraction of sp³-hybridized carbons (Fsp3) is 0.0952. The van der Waals surface area contributed by atoms with E-state index in [1.165, 1.54) is 6.07 Å². The zero-order valence-corrected chi connectivity index (χ0v) is 14.1. The second kappa shape index (κ2) is 6.52. The van der Waals surface area contributed by atoms with Crippen molar-refractivity contribution in [3.63, 3.8) is 0 Å². The molecule has 128 valence electrons. The van der Waals surface area contributed by atoms with Gasteiger partial charge in [-0.3, -0.25) is 14.8 Å². The van der Waals surface area contributed by atoms with Crippen molar-refractivity contribution < 1.29 is 9.18 Å². The summed E-state index contributed by atoms with van der Waals surface area (Å²) in [6.45, 7) is 1.70. The second-order valence-corrected chi connectivity index (χ2v) is 6.12. The van der Waals surface area contributed by atoms with Crippen LogP contribution < -0.4 is 5.32 Å². The molecule has 0 radical (unpaired) electrons. The van der Waals surface area contributed by atoms with Crippen LogP contribution in [0.2, 0.25) is 0 Å². The van der Waals surface area contributed by atoms with Gasteiger partial charge in [0.25, 0.3) is 0 Å². The van der Waals surface area contributed by atoms with Gasteiger partial charge in [-0.05, 0) is 54.4 Å². The lowest BCUT2D eigenvalue weighted by Crippen LogP contribution is -2.22. The lowest BCUT2D eigenvalue weighted by molar-refractivity contribution is -0.116. The zero-order chi connectivity index (χ0) is 18.1. The normalized spacial score (nSPS) is 16.3. The number of rotatable bonds is 2. The van der Waals surface area contributed by atoms with Gasteiger partial charge in [0.05, 0.1) is 11.4 Å². The molecule has 2 aromatic carbocycles. The molecule has 0 saturated carbocycles. The number of fused-ring (bicyclic) bond motifs is 1. The standard InChI is InChI=1S/C21H16FN3O/c1-13-21(26)25-19-7-6-15(14-8-10-23-11-9-14)12-17(19)20(24-13)16-4-2-3-5-18(16)22/h2-13H,1H3,(H,25,26)/t13-/m0/s1. The number of nitrogens with one attached hydrogen (secondary N) is 1. The van der Waals surface area contributed by atoms with E-state index in [0.717, 1.165) is 11.1 Å². The van der Waals surface area contributed by atoms with Crippen LogP contribution in [0.5, 0.6) is 0 Å². The monoisotopic (exact) mass is 345 g/mol. The van der Waals surface area contributed by atoms with E-state index in [9.17, 15) is 9.18 Å². The van der Waals surface area contributed by atoms with Gasteiger partial charge < -0.3 is 5.32 Å². The van der Waals surface area contributed by atoms with Gasteiger partial charge in [0, 0.05) is 23.5 Å². The first kappa shape index (κ1) is 16.1. The summed E-state index contributed by atoms with van der Waals surface area (Å²) < 4.78 is 14.5. The van der Waals surface area contributed by atoms with Crippen molar-refractivity contribution in [2.75, 3.05) is 5.32 Å². The summed E-state index contributed by atoms with van der Waals surface area (Å²) in [7, 11) is 0. The van der Waals surface area contributed by atoms with E-state index in [2.05, 4.69) is 15.3 Å². The summed E-state index contributed by atoms with van der Waals surface area (Å²) >= 11 is 0. The van der Waals surface area contributed by atoms with Crippen molar-refractivity contribution in [2.24, 2.45) is 4.99 Å². The number of anilines is 1. The van der Waals surface area contributed by atoms with Gasteiger partial charge in [0.15, 0.2) is 0 Å². The lowest BCUT2D eigenvalue weighted by Gasteiger charge is -2.13. The maximum Gasteiger partial charge on any atom is 0.248 e. The van der Waals surface area contributed by atoms with Crippen molar-refractivity contribution in [1.82, 2.24) is 4.98 Å². The summed E-state index contributed by atoms with van der Waals surface area (Å²) in [5.74, 6) is -0.581. The number of carbonyl (C=O) groups excluding carboxylic acids is 1. The molecule has 0 saturated heterocycles. The Labute approximate surface area is 150 Å². The highest BCUT2D eigenvalue weighted by molar-refractivity contribution is 6.20. The van der Waals surface area contributed by atoms with Crippen molar-refractivity contribution >= 4 is 17.3 Å². The molecular formula is C21H16FN3O. The Morgan fingerprint density at radius 1 is 0.962 bits per heavy atom. The quantitative estimate of drug-likeness (QED) is 0.761. The molecule has 26 heavy (non-hydrogen) atoms. The predicted molar refractivity (Wildman–Crippen MR) is 99.8 cm³/mol. The molecule has 1 atom stereocenters. The zero-order valence-electron chi connectivity index (χ0n) is 14.1. The van der Waals surface area contributed by atoms with E-state index in [-0.39, 0.29) is 11.7 Å². The fourth-order valence-corrected chi connectivity index (χ4v) is 3.00. The smallest absolute Gasteiger partial charge is 0.248 e. The highest BCUT2D eigenvalue weighted by Gasteiger charge is 2.24. The van der Waals surface area contributed by atoms with E-state index in [1.54, 1.807) is 37.5 Å². The summed E-state index contributed by atoms with van der Waals surface area (Å²) in [4.78, 5) is 20.8. The third-order valence-electron chi connectivity index (χ3n) is 4.38. The number of pyridine rings is 1. The lowest BCUT2D eigenvalue weighted by atomic mass is 9.96. The number of benzodiazepines with no additional fused rings is 1. The molecule has 1 aromatic heterocycles. The van der Waals surface area contributed by atoms with E-state index in [1.807, 2.05) is 30.3 Å². The minimum absolute atomic E-state index is 0.214. The largest absolute Gasteiger partial charge is 0.324 e. The Kier molecular flexibility index (Phi) is 4.05. The van der Waals surface area contributed by atoms with Crippen molar-refractivity contribution in [3.8, 4) is 11.1 Å². The first-order valence-electron chi connectivity index (χ1n) is 8.32. The van der Waals surface area contributed by atoms with E-state index in [0.29, 0.717) is 22.5 Å². The number of nitrogens with zero attached hydrogens (tertiary/aromatic N) is 2. The number of carbonyl (C=O) groups is 1. The van der Waals surface area contributed by atoms with Crippen LogP contribution in [0, 0.1) is 5.82 Å². The third-order valence-corrected chi connectivity index (χ3v) is 4.38. The highest BCUT2D eigenvalue weighted by atomic mass is 19.1. The van der Waals surface area contributed by atoms with E-state index < -0.39 is 6.04 Å². The predicted octanol–water partition coefficient (Wildman–Crippen LogP) is 4.07. The molecule has 5 heteroatoms. The van der Waals surface area contributed by atoms with Crippen LogP contribution in [0.25, 0.3) is 11.1 Å². The van der Waals surface area contributed by atoms with Gasteiger partial charge in [0.2, 0.25) is 5.91 Å². The number of hydrogen-bond acceptors (Lipinski definition) is 3. The molecule has 0 aliphatic carbocycles. The molecule has 4 nitrogen and oxygen atoms in total. The van der Waals surface area contributed by atoms with E-state index >= 15 is 0 Å². The Morgan fingerprint density at radius 2 is 1.73 bits per heavy atom. The first-order valence-corrected chi connectivity index (χ1v) is 8.32. The summed E-state index contributed by atoms with van der Waals surface area (Å²) in [5.41, 5.74) is 4.10. The first-order chi connectivity index (χ1) is 12.6. The molecule has 2 heterocycles. The Morgan fingerprint density at radius 3 is 2.50 bits per heavy atom. The van der Waals surface area contributed by atoms with Crippen LogP contribution in [0.4, 0.5) is 10.1 Å². The van der Waals surface area contributed by atoms with Crippen LogP contribution >= 0.6 is 0 Å². The number of aromatic nitrogens is 1.